The molecule has 0 radical (unpaired) electrons. The first kappa shape index (κ1) is 23.1. The van der Waals surface area contributed by atoms with Crippen LogP contribution in [0.15, 0.2) is 24.4 Å². The highest BCUT2D eigenvalue weighted by Gasteiger charge is 2.45. The SMILES string of the molecule is O=C(C1CCOC1)N1CCC[C@@]2(C[C@H](OCc3ccccn3)CO2)C1.O=C(O)C(=O)O. The van der Waals surface area contributed by atoms with Crippen molar-refractivity contribution < 1.29 is 38.8 Å². The molecular formula is C21H28N2O8. The molecule has 4 rings (SSSR count). The van der Waals surface area contributed by atoms with Crippen LogP contribution in [-0.2, 0) is 35.2 Å². The molecule has 3 fully saturated rings. The maximum atomic E-state index is 12.7. The van der Waals surface area contributed by atoms with Gasteiger partial charge in [-0.1, -0.05) is 6.07 Å². The lowest BCUT2D eigenvalue weighted by molar-refractivity contribution is -0.159. The van der Waals surface area contributed by atoms with E-state index in [0.717, 1.165) is 37.9 Å². The third kappa shape index (κ3) is 6.46. The summed E-state index contributed by atoms with van der Waals surface area (Å²) >= 11 is 0. The Hall–Kier alpha value is -2.56. The van der Waals surface area contributed by atoms with Crippen molar-refractivity contribution in [1.29, 1.82) is 0 Å². The zero-order valence-electron chi connectivity index (χ0n) is 17.3. The smallest absolute Gasteiger partial charge is 0.414 e. The molecule has 1 amide bonds. The van der Waals surface area contributed by atoms with E-state index in [1.807, 2.05) is 23.1 Å². The van der Waals surface area contributed by atoms with Gasteiger partial charge in [-0.3, -0.25) is 9.78 Å². The first-order valence-electron chi connectivity index (χ1n) is 10.4. The molecule has 10 heteroatoms. The Morgan fingerprint density at radius 3 is 2.68 bits per heavy atom. The number of rotatable bonds is 4. The zero-order valence-corrected chi connectivity index (χ0v) is 17.3. The van der Waals surface area contributed by atoms with Crippen LogP contribution in [0.2, 0.25) is 0 Å². The quantitative estimate of drug-likeness (QED) is 0.661. The molecule has 1 aromatic heterocycles. The van der Waals surface area contributed by atoms with Crippen LogP contribution >= 0.6 is 0 Å². The molecule has 1 spiro atoms. The molecule has 3 saturated heterocycles. The van der Waals surface area contributed by atoms with Gasteiger partial charge in [0.1, 0.15) is 0 Å². The number of aliphatic carboxylic acids is 2. The molecule has 2 N–H and O–H groups in total. The van der Waals surface area contributed by atoms with Crippen LogP contribution in [0, 0.1) is 5.92 Å². The predicted molar refractivity (Wildman–Crippen MR) is 106 cm³/mol. The van der Waals surface area contributed by atoms with Gasteiger partial charge >= 0.3 is 11.9 Å². The Labute approximate surface area is 180 Å². The lowest BCUT2D eigenvalue weighted by Gasteiger charge is -2.40. The second-order valence-corrected chi connectivity index (χ2v) is 7.99. The number of pyridine rings is 1. The van der Waals surface area contributed by atoms with Crippen LogP contribution in [-0.4, -0.2) is 82.6 Å². The van der Waals surface area contributed by atoms with Gasteiger partial charge in [0.25, 0.3) is 0 Å². The second kappa shape index (κ2) is 10.7. The molecule has 3 aliphatic heterocycles. The number of hydrogen-bond acceptors (Lipinski definition) is 7. The molecule has 4 heterocycles. The van der Waals surface area contributed by atoms with E-state index in [2.05, 4.69) is 4.98 Å². The number of carbonyl (C=O) groups excluding carboxylic acids is 1. The lowest BCUT2D eigenvalue weighted by atomic mass is 9.88. The van der Waals surface area contributed by atoms with Crippen molar-refractivity contribution in [3.05, 3.63) is 30.1 Å². The summed E-state index contributed by atoms with van der Waals surface area (Å²) in [4.78, 5) is 37.2. The van der Waals surface area contributed by atoms with Gasteiger partial charge < -0.3 is 29.3 Å². The molecule has 31 heavy (non-hydrogen) atoms. The van der Waals surface area contributed by atoms with E-state index in [4.69, 9.17) is 34.0 Å². The van der Waals surface area contributed by atoms with Crippen LogP contribution in [0.5, 0.6) is 0 Å². The number of likely N-dealkylation sites (tertiary alicyclic amines) is 1. The van der Waals surface area contributed by atoms with Crippen molar-refractivity contribution >= 4 is 17.8 Å². The van der Waals surface area contributed by atoms with E-state index in [1.54, 1.807) is 6.20 Å². The van der Waals surface area contributed by atoms with Gasteiger partial charge in [-0.15, -0.1) is 0 Å². The van der Waals surface area contributed by atoms with Crippen molar-refractivity contribution in [3.8, 4) is 0 Å². The van der Waals surface area contributed by atoms with Crippen molar-refractivity contribution in [2.75, 3.05) is 32.9 Å². The van der Waals surface area contributed by atoms with Gasteiger partial charge in [0.2, 0.25) is 5.91 Å². The van der Waals surface area contributed by atoms with E-state index in [0.29, 0.717) is 33.0 Å². The summed E-state index contributed by atoms with van der Waals surface area (Å²) in [5.41, 5.74) is 0.701. The Balaban J connectivity index is 0.000000401. The third-order valence-corrected chi connectivity index (χ3v) is 5.68. The number of carboxylic acid groups (broad SMARTS) is 2. The number of nitrogens with zero attached hydrogens (tertiary/aromatic N) is 2. The molecule has 170 valence electrons. The van der Waals surface area contributed by atoms with Crippen LogP contribution < -0.4 is 0 Å². The normalized spacial score (nSPS) is 27.5. The molecule has 1 aromatic rings. The zero-order chi connectivity index (χ0) is 22.3. The Morgan fingerprint density at radius 2 is 2.03 bits per heavy atom. The summed E-state index contributed by atoms with van der Waals surface area (Å²) in [7, 11) is 0. The van der Waals surface area contributed by atoms with Gasteiger partial charge in [-0.05, 0) is 31.4 Å². The standard InChI is InChI=1S/C19H26N2O4.C2H2O4/c22-18(15-5-9-23-11-15)21-8-3-6-19(14-21)10-17(13-25-19)24-12-16-4-1-2-7-20-16;3-1(4)2(5)6/h1-2,4,7,15,17H,3,5-6,8-14H2;(H,3,4)(H,5,6)/t15?,17-,19+;/m0./s1. The van der Waals surface area contributed by atoms with Gasteiger partial charge in [-0.2, -0.15) is 0 Å². The summed E-state index contributed by atoms with van der Waals surface area (Å²) in [5, 5.41) is 14.8. The van der Waals surface area contributed by atoms with E-state index in [-0.39, 0.29) is 23.5 Å². The van der Waals surface area contributed by atoms with Crippen molar-refractivity contribution in [3.63, 3.8) is 0 Å². The minimum Gasteiger partial charge on any atom is -0.473 e. The Bertz CT molecular complexity index is 756. The molecule has 3 aliphatic rings. The topological polar surface area (TPSA) is 135 Å². The molecular weight excluding hydrogens is 408 g/mol. The number of aromatic nitrogens is 1. The number of carbonyl (C=O) groups is 3. The molecule has 0 aliphatic carbocycles. The van der Waals surface area contributed by atoms with E-state index >= 15 is 0 Å². The molecule has 0 aromatic carbocycles. The average molecular weight is 436 g/mol. The second-order valence-electron chi connectivity index (χ2n) is 7.99. The van der Waals surface area contributed by atoms with Gasteiger partial charge in [0.15, 0.2) is 0 Å². The summed E-state index contributed by atoms with van der Waals surface area (Å²) in [6.45, 7) is 3.90. The number of piperidine rings is 1. The highest BCUT2D eigenvalue weighted by Crippen LogP contribution is 2.36. The maximum Gasteiger partial charge on any atom is 0.414 e. The van der Waals surface area contributed by atoms with Gasteiger partial charge in [0, 0.05) is 32.3 Å². The van der Waals surface area contributed by atoms with Crippen LogP contribution in [0.4, 0.5) is 0 Å². The van der Waals surface area contributed by atoms with Crippen LogP contribution in [0.3, 0.4) is 0 Å². The number of amides is 1. The average Bonchev–Trinajstić information content (AvgIpc) is 3.44. The molecule has 0 bridgehead atoms. The molecule has 0 saturated carbocycles. The van der Waals surface area contributed by atoms with Crippen LogP contribution in [0.1, 0.15) is 31.4 Å². The monoisotopic (exact) mass is 436 g/mol. The summed E-state index contributed by atoms with van der Waals surface area (Å²) < 4.78 is 17.5. The predicted octanol–water partition coefficient (Wildman–Crippen LogP) is 0.940. The van der Waals surface area contributed by atoms with Gasteiger partial charge in [-0.25, -0.2) is 9.59 Å². The molecule has 3 atom stereocenters. The number of carboxylic acids is 2. The Kier molecular flexibility index (Phi) is 7.94. The summed E-state index contributed by atoms with van der Waals surface area (Å²) in [6, 6.07) is 5.84. The fraction of sp³-hybridized carbons (Fsp3) is 0.619. The van der Waals surface area contributed by atoms with Crippen molar-refractivity contribution in [2.45, 2.75) is 44.0 Å². The van der Waals surface area contributed by atoms with Crippen LogP contribution in [0.25, 0.3) is 0 Å². The summed E-state index contributed by atoms with van der Waals surface area (Å²) in [6.07, 6.45) is 5.55. The van der Waals surface area contributed by atoms with Crippen molar-refractivity contribution in [1.82, 2.24) is 9.88 Å². The highest BCUT2D eigenvalue weighted by atomic mass is 16.6. The fourth-order valence-electron chi connectivity index (χ4n) is 4.15. The first-order valence-corrected chi connectivity index (χ1v) is 10.4. The minimum atomic E-state index is -1.82. The number of hydrogen-bond donors (Lipinski definition) is 2. The number of ether oxygens (including phenoxy) is 3. The van der Waals surface area contributed by atoms with E-state index in [9.17, 15) is 4.79 Å². The largest absolute Gasteiger partial charge is 0.473 e. The van der Waals surface area contributed by atoms with E-state index in [1.165, 1.54) is 0 Å². The third-order valence-electron chi connectivity index (χ3n) is 5.68. The lowest BCUT2D eigenvalue weighted by Crippen LogP contribution is -2.51. The minimum absolute atomic E-state index is 0.0350. The van der Waals surface area contributed by atoms with Gasteiger partial charge in [0.05, 0.1) is 43.1 Å². The summed E-state index contributed by atoms with van der Waals surface area (Å²) in [5.74, 6) is -3.38. The van der Waals surface area contributed by atoms with Crippen molar-refractivity contribution in [2.24, 2.45) is 5.92 Å². The molecule has 1 unspecified atom stereocenters. The fourth-order valence-corrected chi connectivity index (χ4v) is 4.15. The van der Waals surface area contributed by atoms with E-state index < -0.39 is 11.9 Å². The maximum absolute atomic E-state index is 12.7. The Morgan fingerprint density at radius 1 is 1.23 bits per heavy atom. The first-order chi connectivity index (χ1) is 14.9. The molecule has 10 nitrogen and oxygen atoms in total. The highest BCUT2D eigenvalue weighted by molar-refractivity contribution is 6.27.